The summed E-state index contributed by atoms with van der Waals surface area (Å²) < 4.78 is 210. The average Bonchev–Trinajstić information content (AvgIpc) is 2.83. The lowest BCUT2D eigenvalue weighted by Crippen LogP contribution is -2.81. The molecule has 0 aromatic rings. The second kappa shape index (κ2) is 9.74. The summed E-state index contributed by atoms with van der Waals surface area (Å²) in [5, 5.41) is 0. The fourth-order valence-electron chi connectivity index (χ4n) is 1.82. The molecule has 0 aliphatic heterocycles. The molecule has 0 aliphatic rings. The van der Waals surface area contributed by atoms with Crippen molar-refractivity contribution in [2.24, 2.45) is 0 Å². The molecule has 0 spiro atoms. The molecule has 0 saturated carbocycles. The molecule has 6 unspecified atom stereocenters. The lowest BCUT2D eigenvalue weighted by molar-refractivity contribution is -0.622. The normalized spacial score (nSPS) is 23.8. The number of hydrogen-bond donors (Lipinski definition) is 0. The van der Waals surface area contributed by atoms with E-state index in [0.717, 1.165) is 4.94 Å². The molecule has 0 radical (unpaired) electrons. The highest BCUT2D eigenvalue weighted by Crippen LogP contribution is 2.62. The number of alkyl halides is 8. The number of rotatable bonds is 14. The largest absolute Gasteiger partial charge is 0.454 e. The van der Waals surface area contributed by atoms with E-state index in [4.69, 9.17) is 0 Å². The monoisotopic (exact) mass is 544 g/mol. The van der Waals surface area contributed by atoms with Gasteiger partial charge >= 0.3 is 47.2 Å². The van der Waals surface area contributed by atoms with Crippen molar-refractivity contribution in [3.8, 4) is 0 Å². The van der Waals surface area contributed by atoms with Crippen LogP contribution in [-0.4, -0.2) is 47.2 Å². The van der Waals surface area contributed by atoms with Gasteiger partial charge in [0, 0.05) is 4.53 Å². The standard InChI is InChI=1S/C8F16O9/c9-2(27-18,1(25)26-17)3(10,28-19)4(11,29-20)5(12,30-21)6(13,31-22)7(14,32-23)8(15,16)33-24. The highest BCUT2D eigenvalue weighted by Gasteiger charge is 2.97. The Labute approximate surface area is 164 Å². The van der Waals surface area contributed by atoms with Crippen LogP contribution in [0.4, 0.5) is 71.3 Å². The van der Waals surface area contributed by atoms with E-state index in [9.17, 15) is 76.1 Å². The summed E-state index contributed by atoms with van der Waals surface area (Å²) in [6.45, 7) is 0. The smallest absolute Gasteiger partial charge is 0.248 e. The molecule has 0 amide bonds. The van der Waals surface area contributed by atoms with Gasteiger partial charge in [0.1, 0.15) is 0 Å². The minimum atomic E-state index is -8.00. The summed E-state index contributed by atoms with van der Waals surface area (Å²) in [6, 6.07) is 0. The van der Waals surface area contributed by atoms with Gasteiger partial charge < -0.3 is 0 Å². The van der Waals surface area contributed by atoms with E-state index in [-0.39, 0.29) is 0 Å². The minimum Gasteiger partial charge on any atom is -0.248 e. The maximum absolute atomic E-state index is 14.5. The molecule has 0 heterocycles. The minimum absolute atomic E-state index is 1.14. The first-order valence-corrected chi connectivity index (χ1v) is 6.33. The first-order valence-electron chi connectivity index (χ1n) is 6.33. The Morgan fingerprint density at radius 3 is 0.970 bits per heavy atom. The van der Waals surface area contributed by atoms with Crippen molar-refractivity contribution in [3.63, 3.8) is 0 Å². The van der Waals surface area contributed by atoms with Gasteiger partial charge in [-0.15, -0.1) is 34.6 Å². The van der Waals surface area contributed by atoms with E-state index in [1.54, 1.807) is 4.94 Å². The molecule has 0 aromatic heterocycles. The van der Waals surface area contributed by atoms with Crippen LogP contribution in [0.2, 0.25) is 0 Å². The lowest BCUT2D eigenvalue weighted by atomic mass is 9.86. The predicted molar refractivity (Wildman–Crippen MR) is 50.5 cm³/mol. The first kappa shape index (κ1) is 31.1. The molecule has 9 nitrogen and oxygen atoms in total. The summed E-state index contributed by atoms with van der Waals surface area (Å²) in [5.74, 6) is -50.3. The van der Waals surface area contributed by atoms with Crippen LogP contribution in [0.15, 0.2) is 0 Å². The maximum Gasteiger partial charge on any atom is 0.454 e. The Morgan fingerprint density at radius 1 is 0.424 bits per heavy atom. The summed E-state index contributed by atoms with van der Waals surface area (Å²) in [6.07, 6.45) is -7.31. The Morgan fingerprint density at radius 2 is 0.727 bits per heavy atom. The molecule has 6 atom stereocenters. The van der Waals surface area contributed by atoms with E-state index in [0.29, 0.717) is 0 Å². The van der Waals surface area contributed by atoms with Crippen LogP contribution < -0.4 is 0 Å². The van der Waals surface area contributed by atoms with Gasteiger partial charge in [0.2, 0.25) is 0 Å². The Bertz CT molecular complexity index is 692. The zero-order valence-corrected chi connectivity index (χ0v) is 13.7. The van der Waals surface area contributed by atoms with E-state index < -0.39 is 47.2 Å². The lowest BCUT2D eigenvalue weighted by Gasteiger charge is -2.46. The van der Waals surface area contributed by atoms with Crippen molar-refractivity contribution in [3.05, 3.63) is 0 Å². The van der Waals surface area contributed by atoms with Crippen molar-refractivity contribution in [1.29, 1.82) is 0 Å². The zero-order valence-electron chi connectivity index (χ0n) is 13.7. The molecule has 0 bridgehead atoms. The van der Waals surface area contributed by atoms with Gasteiger partial charge in [0.05, 0.1) is 0 Å². The molecule has 0 fully saturated rings. The fraction of sp³-hybridized carbons (Fsp3) is 0.875. The van der Waals surface area contributed by atoms with Gasteiger partial charge in [-0.25, -0.2) is 9.74 Å². The fourth-order valence-corrected chi connectivity index (χ4v) is 1.82. The van der Waals surface area contributed by atoms with Crippen LogP contribution in [0.25, 0.3) is 0 Å². The van der Waals surface area contributed by atoms with E-state index in [1.165, 1.54) is 29.6 Å². The molecule has 0 aromatic carbocycles. The summed E-state index contributed by atoms with van der Waals surface area (Å²) in [4.78, 5) is 21.0. The third-order valence-electron chi connectivity index (χ3n) is 3.51. The third kappa shape index (κ3) is 3.60. The molecule has 0 saturated heterocycles. The Hall–Kier alpha value is -1.93. The van der Waals surface area contributed by atoms with Crippen molar-refractivity contribution >= 4 is 5.97 Å². The third-order valence-corrected chi connectivity index (χ3v) is 3.51. The van der Waals surface area contributed by atoms with E-state index >= 15 is 0 Å². The number of carbonyl (C=O) groups is 1. The van der Waals surface area contributed by atoms with Crippen molar-refractivity contribution < 1.29 is 116 Å². The zero-order chi connectivity index (χ0) is 26.7. The SMILES string of the molecule is O=C(OF)C(F)(OF)C(F)(OF)C(F)(OF)C(F)(OF)C(F)(OF)C(F)(OF)C(F)(F)OF. The van der Waals surface area contributed by atoms with Gasteiger partial charge in [0.15, 0.2) is 0 Å². The maximum atomic E-state index is 14.5. The topological polar surface area (TPSA) is 90.9 Å². The Kier molecular flexibility index (Phi) is 9.17. The quantitative estimate of drug-likeness (QED) is 0.297. The van der Waals surface area contributed by atoms with Gasteiger partial charge in [0.25, 0.3) is 0 Å². The predicted octanol–water partition coefficient (Wildman–Crippen LogP) is 4.31. The number of carbonyl (C=O) groups excluding carboxylic acids is 1. The van der Waals surface area contributed by atoms with Gasteiger partial charge in [-0.3, -0.25) is 0 Å². The van der Waals surface area contributed by atoms with Crippen LogP contribution in [-0.2, 0) is 44.3 Å². The summed E-state index contributed by atoms with van der Waals surface area (Å²) in [7, 11) is 0. The van der Waals surface area contributed by atoms with Crippen LogP contribution >= 0.6 is 0 Å². The molecule has 0 N–H and O–H groups in total. The summed E-state index contributed by atoms with van der Waals surface area (Å²) in [5.41, 5.74) is 0. The molecular formula is C8F16O9. The van der Waals surface area contributed by atoms with Gasteiger partial charge in [-0.1, -0.05) is 0 Å². The molecular weight excluding hydrogens is 544 g/mol. The molecule has 0 aliphatic carbocycles. The van der Waals surface area contributed by atoms with Crippen molar-refractivity contribution in [2.45, 2.75) is 41.2 Å². The second-order valence-corrected chi connectivity index (χ2v) is 4.99. The average molecular weight is 544 g/mol. The highest BCUT2D eigenvalue weighted by molar-refractivity contribution is 5.78. The number of hydrogen-bond acceptors (Lipinski definition) is 9. The Balaban J connectivity index is 7.64. The van der Waals surface area contributed by atoms with Crippen molar-refractivity contribution in [1.82, 2.24) is 0 Å². The van der Waals surface area contributed by atoms with Crippen LogP contribution in [0.5, 0.6) is 0 Å². The molecule has 198 valence electrons. The van der Waals surface area contributed by atoms with Crippen molar-refractivity contribution in [2.75, 3.05) is 0 Å². The van der Waals surface area contributed by atoms with Gasteiger partial charge in [-0.2, -0.15) is 35.1 Å². The first-order chi connectivity index (χ1) is 14.9. The van der Waals surface area contributed by atoms with Gasteiger partial charge in [-0.05, 0) is 31.7 Å². The highest BCUT2D eigenvalue weighted by atomic mass is 19.4. The van der Waals surface area contributed by atoms with Crippen LogP contribution in [0, 0.1) is 0 Å². The number of halogens is 16. The summed E-state index contributed by atoms with van der Waals surface area (Å²) >= 11 is 0. The molecule has 33 heavy (non-hydrogen) atoms. The molecule has 25 heteroatoms. The second-order valence-electron chi connectivity index (χ2n) is 4.99. The van der Waals surface area contributed by atoms with Crippen LogP contribution in [0.1, 0.15) is 0 Å². The van der Waals surface area contributed by atoms with Crippen LogP contribution in [0.3, 0.4) is 0 Å². The molecule has 0 rings (SSSR count). The van der Waals surface area contributed by atoms with E-state index in [1.807, 2.05) is 0 Å². The van der Waals surface area contributed by atoms with E-state index in [2.05, 4.69) is 0 Å².